The molecule has 2 saturated carbocycles. The summed E-state index contributed by atoms with van der Waals surface area (Å²) in [4.78, 5) is 14.7. The van der Waals surface area contributed by atoms with Gasteiger partial charge in [-0.1, -0.05) is 13.3 Å². The molecule has 132 valence electrons. The lowest BCUT2D eigenvalue weighted by molar-refractivity contribution is -0.0503. The smallest absolute Gasteiger partial charge is 0.410 e. The molecule has 0 bridgehead atoms. The molecule has 3 atom stereocenters. The molecule has 1 saturated heterocycles. The van der Waals surface area contributed by atoms with E-state index in [4.69, 9.17) is 4.74 Å². The maximum Gasteiger partial charge on any atom is 0.410 e. The van der Waals surface area contributed by atoms with Crippen molar-refractivity contribution < 1.29 is 9.53 Å². The van der Waals surface area contributed by atoms with E-state index in [0.29, 0.717) is 12.1 Å². The molecule has 3 unspecified atom stereocenters. The summed E-state index contributed by atoms with van der Waals surface area (Å²) < 4.78 is 5.66. The van der Waals surface area contributed by atoms with Gasteiger partial charge >= 0.3 is 6.09 Å². The minimum absolute atomic E-state index is 0.0695. The first kappa shape index (κ1) is 17.1. The Labute approximate surface area is 141 Å². The number of piperidine rings is 1. The summed E-state index contributed by atoms with van der Waals surface area (Å²) in [6.07, 6.45) is 9.63. The second-order valence-electron chi connectivity index (χ2n) is 9.08. The highest BCUT2D eigenvalue weighted by Gasteiger charge is 2.50. The highest BCUT2D eigenvalue weighted by Crippen LogP contribution is 2.45. The van der Waals surface area contributed by atoms with Gasteiger partial charge in [-0.3, -0.25) is 0 Å². The fourth-order valence-electron chi connectivity index (χ4n) is 4.69. The van der Waals surface area contributed by atoms with Crippen molar-refractivity contribution >= 4 is 6.09 Å². The standard InChI is InChI=1S/C19H34N2O2/c1-14-7-5-8-16(14)20-15-9-12-21(17(22)23-18(2,3)4)19(13-15)10-6-11-19/h14-16,20H,5-13H2,1-4H3. The van der Waals surface area contributed by atoms with Crippen molar-refractivity contribution in [2.75, 3.05) is 6.54 Å². The van der Waals surface area contributed by atoms with Gasteiger partial charge in [0.05, 0.1) is 0 Å². The van der Waals surface area contributed by atoms with Crippen LogP contribution in [0.5, 0.6) is 0 Å². The zero-order chi connectivity index (χ0) is 16.7. The van der Waals surface area contributed by atoms with Gasteiger partial charge in [-0.25, -0.2) is 4.79 Å². The van der Waals surface area contributed by atoms with Crippen LogP contribution in [0.4, 0.5) is 4.79 Å². The SMILES string of the molecule is CC1CCCC1NC1CCN(C(=O)OC(C)(C)C)C2(CCC2)C1. The molecule has 1 N–H and O–H groups in total. The average Bonchev–Trinajstić information content (AvgIpc) is 2.80. The molecule has 1 amide bonds. The highest BCUT2D eigenvalue weighted by molar-refractivity contribution is 5.69. The van der Waals surface area contributed by atoms with Crippen LogP contribution in [-0.2, 0) is 4.74 Å². The topological polar surface area (TPSA) is 41.6 Å². The van der Waals surface area contributed by atoms with Gasteiger partial charge in [-0.05, 0) is 71.6 Å². The maximum absolute atomic E-state index is 12.6. The van der Waals surface area contributed by atoms with Crippen LogP contribution in [0, 0.1) is 5.92 Å². The van der Waals surface area contributed by atoms with E-state index in [1.54, 1.807) is 0 Å². The van der Waals surface area contributed by atoms with Gasteiger partial charge in [0.25, 0.3) is 0 Å². The van der Waals surface area contributed by atoms with Gasteiger partial charge in [0.15, 0.2) is 0 Å². The Hall–Kier alpha value is -0.770. The Morgan fingerprint density at radius 3 is 2.43 bits per heavy atom. The predicted octanol–water partition coefficient (Wildman–Crippen LogP) is 4.09. The summed E-state index contributed by atoms with van der Waals surface area (Å²) in [5.41, 5.74) is -0.337. The van der Waals surface area contributed by atoms with Crippen LogP contribution in [0.1, 0.15) is 79.1 Å². The Morgan fingerprint density at radius 1 is 1.17 bits per heavy atom. The molecule has 1 spiro atoms. The number of likely N-dealkylation sites (tertiary alicyclic amines) is 1. The summed E-state index contributed by atoms with van der Waals surface area (Å²) in [7, 11) is 0. The zero-order valence-electron chi connectivity index (χ0n) is 15.4. The van der Waals surface area contributed by atoms with Crippen LogP contribution in [-0.4, -0.2) is 40.8 Å². The van der Waals surface area contributed by atoms with E-state index in [2.05, 4.69) is 17.1 Å². The minimum atomic E-state index is -0.406. The van der Waals surface area contributed by atoms with Crippen molar-refractivity contribution in [2.45, 2.75) is 102 Å². The summed E-state index contributed by atoms with van der Waals surface area (Å²) in [5, 5.41) is 3.92. The molecule has 0 radical (unpaired) electrons. The van der Waals surface area contributed by atoms with Gasteiger partial charge in [-0.15, -0.1) is 0 Å². The summed E-state index contributed by atoms with van der Waals surface area (Å²) in [6.45, 7) is 9.07. The second-order valence-corrected chi connectivity index (χ2v) is 9.08. The van der Waals surface area contributed by atoms with Crippen LogP contribution in [0.2, 0.25) is 0 Å². The lowest BCUT2D eigenvalue weighted by Crippen LogP contribution is -2.64. The fraction of sp³-hybridized carbons (Fsp3) is 0.947. The number of rotatable bonds is 2. The quantitative estimate of drug-likeness (QED) is 0.832. The molecule has 3 fully saturated rings. The molecule has 23 heavy (non-hydrogen) atoms. The Balaban J connectivity index is 1.62. The normalized spacial score (nSPS) is 33.6. The predicted molar refractivity (Wildman–Crippen MR) is 92.5 cm³/mol. The molecule has 2 aliphatic carbocycles. The summed E-state index contributed by atoms with van der Waals surface area (Å²) in [5.74, 6) is 0.802. The van der Waals surface area contributed by atoms with Crippen LogP contribution in [0.25, 0.3) is 0 Å². The molecule has 0 aromatic heterocycles. The Morgan fingerprint density at radius 2 is 1.91 bits per heavy atom. The molecule has 4 heteroatoms. The number of carbonyl (C=O) groups excluding carboxylic acids is 1. The largest absolute Gasteiger partial charge is 0.444 e. The molecule has 0 aromatic rings. The van der Waals surface area contributed by atoms with Gasteiger partial charge < -0.3 is 15.0 Å². The molecular weight excluding hydrogens is 288 g/mol. The fourth-order valence-corrected chi connectivity index (χ4v) is 4.69. The van der Waals surface area contributed by atoms with E-state index in [9.17, 15) is 4.79 Å². The molecule has 1 aliphatic heterocycles. The molecule has 3 rings (SSSR count). The van der Waals surface area contributed by atoms with E-state index < -0.39 is 5.60 Å². The molecule has 4 nitrogen and oxygen atoms in total. The van der Waals surface area contributed by atoms with E-state index >= 15 is 0 Å². The van der Waals surface area contributed by atoms with E-state index in [1.807, 2.05) is 20.8 Å². The number of hydrogen-bond donors (Lipinski definition) is 1. The third-order valence-corrected chi connectivity index (χ3v) is 6.11. The molecule has 3 aliphatic rings. The number of nitrogens with zero attached hydrogens (tertiary/aromatic N) is 1. The van der Waals surface area contributed by atoms with Crippen molar-refractivity contribution in [1.82, 2.24) is 10.2 Å². The first-order valence-corrected chi connectivity index (χ1v) is 9.56. The van der Waals surface area contributed by atoms with E-state index in [-0.39, 0.29) is 11.6 Å². The lowest BCUT2D eigenvalue weighted by Gasteiger charge is -2.55. The van der Waals surface area contributed by atoms with Crippen LogP contribution < -0.4 is 5.32 Å². The van der Waals surface area contributed by atoms with Crippen LogP contribution >= 0.6 is 0 Å². The van der Waals surface area contributed by atoms with E-state index in [0.717, 1.165) is 38.1 Å². The van der Waals surface area contributed by atoms with Crippen molar-refractivity contribution in [3.8, 4) is 0 Å². The lowest BCUT2D eigenvalue weighted by atomic mass is 9.69. The van der Waals surface area contributed by atoms with Gasteiger partial charge in [0.2, 0.25) is 0 Å². The molecule has 0 aromatic carbocycles. The number of carbonyl (C=O) groups is 1. The second kappa shape index (κ2) is 6.27. The average molecular weight is 322 g/mol. The van der Waals surface area contributed by atoms with Gasteiger partial charge in [0, 0.05) is 24.2 Å². The Bertz CT molecular complexity index is 439. The molecule has 1 heterocycles. The summed E-state index contributed by atoms with van der Waals surface area (Å²) >= 11 is 0. The number of nitrogens with one attached hydrogen (secondary N) is 1. The van der Waals surface area contributed by atoms with Crippen LogP contribution in [0.3, 0.4) is 0 Å². The zero-order valence-corrected chi connectivity index (χ0v) is 15.4. The first-order valence-electron chi connectivity index (χ1n) is 9.56. The Kier molecular flexibility index (Phi) is 4.65. The number of amides is 1. The number of hydrogen-bond acceptors (Lipinski definition) is 3. The summed E-state index contributed by atoms with van der Waals surface area (Å²) in [6, 6.07) is 1.25. The van der Waals surface area contributed by atoms with Gasteiger partial charge in [0.1, 0.15) is 5.60 Å². The first-order chi connectivity index (χ1) is 10.8. The molecular formula is C19H34N2O2. The third kappa shape index (κ3) is 3.67. The maximum atomic E-state index is 12.6. The van der Waals surface area contributed by atoms with Gasteiger partial charge in [-0.2, -0.15) is 0 Å². The van der Waals surface area contributed by atoms with Crippen molar-refractivity contribution in [3.05, 3.63) is 0 Å². The minimum Gasteiger partial charge on any atom is -0.444 e. The van der Waals surface area contributed by atoms with Crippen LogP contribution in [0.15, 0.2) is 0 Å². The third-order valence-electron chi connectivity index (χ3n) is 6.11. The van der Waals surface area contributed by atoms with Crippen molar-refractivity contribution in [2.24, 2.45) is 5.92 Å². The monoisotopic (exact) mass is 322 g/mol. The highest BCUT2D eigenvalue weighted by atomic mass is 16.6. The van der Waals surface area contributed by atoms with Crippen molar-refractivity contribution in [3.63, 3.8) is 0 Å². The van der Waals surface area contributed by atoms with E-state index in [1.165, 1.54) is 25.7 Å². The number of ether oxygens (including phenoxy) is 1. The van der Waals surface area contributed by atoms with Crippen molar-refractivity contribution in [1.29, 1.82) is 0 Å².